The van der Waals surface area contributed by atoms with Crippen LogP contribution in [0.15, 0.2) is 11.8 Å². The molecule has 0 aliphatic carbocycles. The predicted molar refractivity (Wildman–Crippen MR) is 90.5 cm³/mol. The molecule has 0 saturated carbocycles. The lowest BCUT2D eigenvalue weighted by atomic mass is 9.92. The maximum absolute atomic E-state index is 12.1. The van der Waals surface area contributed by atoms with Crippen LogP contribution in [0.3, 0.4) is 0 Å². The van der Waals surface area contributed by atoms with E-state index < -0.39 is 66.3 Å². The van der Waals surface area contributed by atoms with Crippen LogP contribution in [-0.4, -0.2) is 81.0 Å². The summed E-state index contributed by atoms with van der Waals surface area (Å²) in [6, 6.07) is -2.27. The summed E-state index contributed by atoms with van der Waals surface area (Å²) in [4.78, 5) is 35.0. The molecule has 0 aromatic carbocycles. The smallest absolute Gasteiger partial charge is 0.408 e. The second-order valence-electron chi connectivity index (χ2n) is 7.06. The zero-order valence-electron chi connectivity index (χ0n) is 15.5. The molecule has 1 aliphatic heterocycles. The van der Waals surface area contributed by atoms with Gasteiger partial charge in [-0.05, 0) is 26.8 Å². The van der Waals surface area contributed by atoms with Crippen molar-refractivity contribution >= 4 is 18.0 Å². The number of alkyl carbamates (subject to hydrolysis) is 1. The third-order valence-electron chi connectivity index (χ3n) is 3.52. The first-order valence-electron chi connectivity index (χ1n) is 8.21. The molecule has 0 saturated heterocycles. The predicted octanol–water partition coefficient (Wildman–Crippen LogP) is -1.53. The number of hydrogen-bond donors (Lipinski definition) is 6. The number of carbonyl (C=O) groups is 3. The zero-order chi connectivity index (χ0) is 20.9. The average molecular weight is 390 g/mol. The second-order valence-corrected chi connectivity index (χ2v) is 7.06. The lowest BCUT2D eigenvalue weighted by Gasteiger charge is -2.40. The normalized spacial score (nSPS) is 24.7. The molecule has 27 heavy (non-hydrogen) atoms. The largest absolute Gasteiger partial charge is 0.478 e. The summed E-state index contributed by atoms with van der Waals surface area (Å²) in [5.74, 6) is -2.64. The summed E-state index contributed by atoms with van der Waals surface area (Å²) in [5.41, 5.74) is -0.829. The SMILES string of the molecule is CC(=O)N[C@H]1[C@H]([C@H](O)[C@H](O)CO)OC(C(=O)O)=C[C@@H]1NC(=O)OC(C)(C)C. The van der Waals surface area contributed by atoms with E-state index in [4.69, 9.17) is 14.6 Å². The Morgan fingerprint density at radius 3 is 2.30 bits per heavy atom. The average Bonchev–Trinajstić information content (AvgIpc) is 2.52. The monoisotopic (exact) mass is 390 g/mol. The van der Waals surface area contributed by atoms with Crippen molar-refractivity contribution in [2.45, 2.75) is 63.7 Å². The molecule has 1 heterocycles. The van der Waals surface area contributed by atoms with Gasteiger partial charge in [-0.3, -0.25) is 4.79 Å². The van der Waals surface area contributed by atoms with E-state index in [-0.39, 0.29) is 0 Å². The van der Waals surface area contributed by atoms with E-state index in [1.54, 1.807) is 20.8 Å². The first-order valence-corrected chi connectivity index (χ1v) is 8.21. The third kappa shape index (κ3) is 6.70. The van der Waals surface area contributed by atoms with Crippen LogP contribution in [0, 0.1) is 0 Å². The van der Waals surface area contributed by atoms with Crippen molar-refractivity contribution in [3.63, 3.8) is 0 Å². The first kappa shape index (κ1) is 22.7. The molecule has 1 rings (SSSR count). The molecule has 5 atom stereocenters. The molecule has 6 N–H and O–H groups in total. The van der Waals surface area contributed by atoms with Crippen molar-refractivity contribution in [3.8, 4) is 0 Å². The number of carboxylic acid groups (broad SMARTS) is 1. The lowest BCUT2D eigenvalue weighted by Crippen LogP contribution is -2.63. The van der Waals surface area contributed by atoms with Gasteiger partial charge in [0.1, 0.15) is 23.9 Å². The highest BCUT2D eigenvalue weighted by Gasteiger charge is 2.44. The molecule has 0 aromatic heterocycles. The Bertz CT molecular complexity index is 599. The van der Waals surface area contributed by atoms with E-state index >= 15 is 0 Å². The molecule has 11 nitrogen and oxygen atoms in total. The van der Waals surface area contributed by atoms with Gasteiger partial charge in [0.25, 0.3) is 0 Å². The molecule has 2 amide bonds. The molecule has 0 radical (unpaired) electrons. The Morgan fingerprint density at radius 2 is 1.85 bits per heavy atom. The maximum atomic E-state index is 12.1. The van der Waals surface area contributed by atoms with Crippen molar-refractivity contribution < 1.29 is 44.3 Å². The van der Waals surface area contributed by atoms with Crippen LogP contribution in [0.2, 0.25) is 0 Å². The van der Waals surface area contributed by atoms with Gasteiger partial charge < -0.3 is 40.5 Å². The van der Waals surface area contributed by atoms with Crippen molar-refractivity contribution in [1.82, 2.24) is 10.6 Å². The van der Waals surface area contributed by atoms with Gasteiger partial charge in [-0.15, -0.1) is 0 Å². The standard InChI is InChI=1S/C16H26N2O9/c1-7(20)17-11-8(18-15(25)27-16(2,3)4)5-10(14(23)24)26-13(11)12(22)9(21)6-19/h5,8-9,11-13,19,21-22H,6H2,1-4H3,(H,17,20)(H,18,25)(H,23,24)/t8-,9+,11+,12+,13+/m0/s1. The zero-order valence-corrected chi connectivity index (χ0v) is 15.5. The minimum Gasteiger partial charge on any atom is -0.478 e. The number of hydrogen-bond acceptors (Lipinski definition) is 8. The Morgan fingerprint density at radius 1 is 1.26 bits per heavy atom. The highest BCUT2D eigenvalue weighted by atomic mass is 16.6. The fourth-order valence-corrected chi connectivity index (χ4v) is 2.44. The van der Waals surface area contributed by atoms with Gasteiger partial charge >= 0.3 is 12.1 Å². The molecule has 0 fully saturated rings. The van der Waals surface area contributed by atoms with E-state index in [9.17, 15) is 29.7 Å². The summed E-state index contributed by atoms with van der Waals surface area (Å²) >= 11 is 0. The fourth-order valence-electron chi connectivity index (χ4n) is 2.44. The van der Waals surface area contributed by atoms with E-state index in [2.05, 4.69) is 10.6 Å². The summed E-state index contributed by atoms with van der Waals surface area (Å²) in [6.07, 6.45) is -4.73. The number of aliphatic hydroxyl groups excluding tert-OH is 3. The molecule has 154 valence electrons. The molecular formula is C16H26N2O9. The Labute approximate surface area is 156 Å². The van der Waals surface area contributed by atoms with Crippen LogP contribution in [-0.2, 0) is 19.1 Å². The Hall–Kier alpha value is -2.37. The second kappa shape index (κ2) is 9.02. The van der Waals surface area contributed by atoms with Gasteiger partial charge in [0.15, 0.2) is 0 Å². The molecule has 0 bridgehead atoms. The number of aliphatic carboxylic acids is 1. The van der Waals surface area contributed by atoms with E-state index in [0.29, 0.717) is 0 Å². The summed E-state index contributed by atoms with van der Waals surface area (Å²) in [5, 5.41) is 43.0. The Kier molecular flexibility index (Phi) is 7.57. The van der Waals surface area contributed by atoms with Crippen molar-refractivity contribution in [2.24, 2.45) is 0 Å². The number of rotatable bonds is 6. The van der Waals surface area contributed by atoms with E-state index in [1.807, 2.05) is 0 Å². The van der Waals surface area contributed by atoms with Crippen LogP contribution in [0.4, 0.5) is 4.79 Å². The van der Waals surface area contributed by atoms with Crippen LogP contribution < -0.4 is 10.6 Å². The minimum absolute atomic E-state index is 0.553. The number of carboxylic acids is 1. The summed E-state index contributed by atoms with van der Waals surface area (Å²) in [6.45, 7) is 5.23. The van der Waals surface area contributed by atoms with Gasteiger partial charge in [-0.2, -0.15) is 0 Å². The van der Waals surface area contributed by atoms with Gasteiger partial charge in [0.05, 0.1) is 18.7 Å². The van der Waals surface area contributed by atoms with Crippen LogP contribution >= 0.6 is 0 Å². The first-order chi connectivity index (χ1) is 12.4. The number of amides is 2. The minimum atomic E-state index is -1.75. The molecule has 0 spiro atoms. The van der Waals surface area contributed by atoms with Crippen LogP contribution in [0.1, 0.15) is 27.7 Å². The molecule has 1 aliphatic rings. The van der Waals surface area contributed by atoms with Gasteiger partial charge in [-0.25, -0.2) is 9.59 Å². The van der Waals surface area contributed by atoms with Crippen molar-refractivity contribution in [3.05, 3.63) is 11.8 Å². The van der Waals surface area contributed by atoms with Gasteiger partial charge in [-0.1, -0.05) is 0 Å². The maximum Gasteiger partial charge on any atom is 0.408 e. The van der Waals surface area contributed by atoms with Crippen molar-refractivity contribution in [1.29, 1.82) is 0 Å². The fraction of sp³-hybridized carbons (Fsp3) is 0.688. The highest BCUT2D eigenvalue weighted by molar-refractivity contribution is 5.85. The van der Waals surface area contributed by atoms with Gasteiger partial charge in [0, 0.05) is 6.92 Å². The molecule has 0 unspecified atom stereocenters. The topological polar surface area (TPSA) is 175 Å². The lowest BCUT2D eigenvalue weighted by molar-refractivity contribution is -0.146. The molecule has 0 aromatic rings. The molecule has 11 heteroatoms. The van der Waals surface area contributed by atoms with Crippen LogP contribution in [0.25, 0.3) is 0 Å². The number of ether oxygens (including phenoxy) is 2. The number of carbonyl (C=O) groups excluding carboxylic acids is 2. The summed E-state index contributed by atoms with van der Waals surface area (Å²) < 4.78 is 10.3. The van der Waals surface area contributed by atoms with Crippen molar-refractivity contribution in [2.75, 3.05) is 6.61 Å². The number of aliphatic hydroxyl groups is 3. The van der Waals surface area contributed by atoms with E-state index in [1.165, 1.54) is 6.92 Å². The molecular weight excluding hydrogens is 364 g/mol. The van der Waals surface area contributed by atoms with Crippen LogP contribution in [0.5, 0.6) is 0 Å². The van der Waals surface area contributed by atoms with E-state index in [0.717, 1.165) is 6.08 Å². The highest BCUT2D eigenvalue weighted by Crippen LogP contribution is 2.23. The number of nitrogens with one attached hydrogen (secondary N) is 2. The third-order valence-corrected chi connectivity index (χ3v) is 3.52. The summed E-state index contributed by atoms with van der Waals surface area (Å²) in [7, 11) is 0. The quantitative estimate of drug-likeness (QED) is 0.314. The van der Waals surface area contributed by atoms with Gasteiger partial charge in [0.2, 0.25) is 11.7 Å². The Balaban J connectivity index is 3.22.